The highest BCUT2D eigenvalue weighted by atomic mass is 28.4. The molecule has 0 amide bonds. The van der Waals surface area contributed by atoms with Crippen molar-refractivity contribution in [3.63, 3.8) is 0 Å². The minimum absolute atomic E-state index is 0.0571. The van der Waals surface area contributed by atoms with Crippen molar-refractivity contribution in [1.82, 2.24) is 4.90 Å². The maximum absolute atomic E-state index is 14.2. The molecule has 0 aromatic heterocycles. The summed E-state index contributed by atoms with van der Waals surface area (Å²) in [5.74, 6) is -2.03. The van der Waals surface area contributed by atoms with Gasteiger partial charge in [-0.1, -0.05) is 20.8 Å². The van der Waals surface area contributed by atoms with Crippen LogP contribution in [0.2, 0.25) is 39.3 Å². The Morgan fingerprint density at radius 2 is 1.62 bits per heavy atom. The first-order valence-corrected chi connectivity index (χ1v) is 25.7. The molecule has 13 heteroatoms. The SMILES string of the molecule is CC[C@H]1OC(=O)[C@H](C)[C@@H](O[Si](C)(C)C)[C@H](C)[C@@H](O[C@@H]2O[C@H](C)C[C@H](N(C)C)[C@@H]2O[Si](C)(C)C)[C@@]2(C)C[C@@H](C)C3(OC1(C)C=C3CCC(N)=[NH2+])O2. The number of hydrogen-bond acceptors (Lipinski definition) is 9. The third-order valence-electron chi connectivity index (χ3n) is 10.9. The third kappa shape index (κ3) is 8.78. The molecule has 0 aliphatic carbocycles. The van der Waals surface area contributed by atoms with Gasteiger partial charge in [0, 0.05) is 17.9 Å². The second-order valence-corrected chi connectivity index (χ2v) is 27.1. The van der Waals surface area contributed by atoms with Crippen molar-refractivity contribution in [2.45, 2.75) is 180 Å². The summed E-state index contributed by atoms with van der Waals surface area (Å²) in [6, 6.07) is 0.0832. The van der Waals surface area contributed by atoms with Crippen molar-refractivity contribution in [2.24, 2.45) is 23.5 Å². The number of likely N-dealkylation sites (N-methyl/N-ethyl adjacent to an activating group) is 1. The summed E-state index contributed by atoms with van der Waals surface area (Å²) in [4.78, 5) is 16.4. The first-order chi connectivity index (χ1) is 22.8. The van der Waals surface area contributed by atoms with E-state index in [1.54, 1.807) is 0 Å². The van der Waals surface area contributed by atoms with Gasteiger partial charge in [0.15, 0.2) is 28.7 Å². The predicted molar refractivity (Wildman–Crippen MR) is 200 cm³/mol. The van der Waals surface area contributed by atoms with E-state index in [9.17, 15) is 4.79 Å². The van der Waals surface area contributed by atoms with E-state index in [0.717, 1.165) is 12.0 Å². The summed E-state index contributed by atoms with van der Waals surface area (Å²) >= 11 is 0. The number of cyclic esters (lactones) is 1. The van der Waals surface area contributed by atoms with E-state index in [-0.39, 0.29) is 36.1 Å². The molecule has 3 saturated heterocycles. The molecule has 0 radical (unpaired) electrons. The largest absolute Gasteiger partial charge is 0.459 e. The number of nitrogens with two attached hydrogens (primary N) is 2. The number of esters is 1. The molecule has 1 spiro atoms. The van der Waals surface area contributed by atoms with Crippen LogP contribution in [0.5, 0.6) is 0 Å². The zero-order valence-corrected chi connectivity index (χ0v) is 35.8. The summed E-state index contributed by atoms with van der Waals surface area (Å²) in [7, 11) is -0.0423. The number of rotatable bonds is 11. The Bertz CT molecular complexity index is 1270. The zero-order chi connectivity index (χ0) is 37.8. The number of carbonyl (C=O) groups is 1. The fourth-order valence-corrected chi connectivity index (χ4v) is 11.2. The lowest BCUT2D eigenvalue weighted by atomic mass is 9.78. The van der Waals surface area contributed by atoms with Gasteiger partial charge in [-0.25, -0.2) is 0 Å². The van der Waals surface area contributed by atoms with Crippen molar-refractivity contribution in [2.75, 3.05) is 14.1 Å². The first-order valence-electron chi connectivity index (χ1n) is 18.9. The van der Waals surface area contributed by atoms with Gasteiger partial charge in [-0.3, -0.25) is 15.9 Å². The Morgan fingerprint density at radius 1 is 1.02 bits per heavy atom. The first kappa shape index (κ1) is 41.6. The van der Waals surface area contributed by atoms with Crippen LogP contribution in [-0.2, 0) is 37.3 Å². The molecular weight excluding hydrogens is 671 g/mol. The number of carbonyl (C=O) groups excluding carboxylic acids is 1. The van der Waals surface area contributed by atoms with Crippen molar-refractivity contribution in [3.8, 4) is 0 Å². The van der Waals surface area contributed by atoms with Crippen LogP contribution in [0.25, 0.3) is 0 Å². The molecule has 4 aliphatic heterocycles. The number of amidine groups is 1. The number of fused-ring (bicyclic) bond motifs is 2. The lowest BCUT2D eigenvalue weighted by Crippen LogP contribution is -2.62. The van der Waals surface area contributed by atoms with Crippen molar-refractivity contribution >= 4 is 28.4 Å². The average molecular weight is 741 g/mol. The molecule has 2 unspecified atom stereocenters. The molecule has 3 fully saturated rings. The molecule has 288 valence electrons. The lowest BCUT2D eigenvalue weighted by Gasteiger charge is -2.50. The zero-order valence-electron chi connectivity index (χ0n) is 33.8. The van der Waals surface area contributed by atoms with Gasteiger partial charge in [-0.2, -0.15) is 0 Å². The average Bonchev–Trinajstić information content (AvgIpc) is 3.41. The molecule has 4 aliphatic rings. The van der Waals surface area contributed by atoms with Gasteiger partial charge in [0.05, 0.1) is 36.3 Å². The molecular formula is C37H70N3O8Si2+. The standard InChI is InChI=1S/C37H69N3O8Si2/c1-16-28-35(6)21-26(17-18-29(38)39)37(47-35)22(2)20-36(7,48-37)32(24(4)30(45-49(10,11)12)25(5)33(41)43-28)44-34-31(46-50(13,14)15)27(40(8)9)19-23(3)42-34/h21-25,27-28,30-32,34H,16-20H2,1-15H3,(H3,38,39)/p+1/t22-,23-,24+,25-,27+,28-,30+,31+,32-,34+,35?,36-,37?/m1/s1. The Kier molecular flexibility index (Phi) is 12.4. The number of nitrogens with zero attached hydrogens (tertiary/aromatic N) is 1. The van der Waals surface area contributed by atoms with Gasteiger partial charge in [-0.15, -0.1) is 0 Å². The predicted octanol–water partition coefficient (Wildman–Crippen LogP) is 4.61. The molecule has 11 nitrogen and oxygen atoms in total. The molecule has 0 aromatic carbocycles. The van der Waals surface area contributed by atoms with Crippen LogP contribution in [0.1, 0.15) is 80.6 Å². The molecule has 4 N–H and O–H groups in total. The minimum atomic E-state index is -2.18. The van der Waals surface area contributed by atoms with Gasteiger partial charge in [0.1, 0.15) is 17.8 Å². The summed E-state index contributed by atoms with van der Waals surface area (Å²) in [5, 5.41) is 6.01. The van der Waals surface area contributed by atoms with E-state index in [1.807, 2.05) is 20.8 Å². The molecule has 50 heavy (non-hydrogen) atoms. The van der Waals surface area contributed by atoms with Crippen LogP contribution in [-0.4, -0.2) is 107 Å². The molecule has 3 bridgehead atoms. The Labute approximate surface area is 304 Å². The van der Waals surface area contributed by atoms with E-state index in [1.165, 1.54) is 0 Å². The summed E-state index contributed by atoms with van der Waals surface area (Å²) < 4.78 is 48.9. The second kappa shape index (κ2) is 14.9. The van der Waals surface area contributed by atoms with Crippen LogP contribution in [0.15, 0.2) is 11.6 Å². The van der Waals surface area contributed by atoms with Gasteiger partial charge in [0.25, 0.3) is 0 Å². The third-order valence-corrected chi connectivity index (χ3v) is 12.9. The van der Waals surface area contributed by atoms with E-state index >= 15 is 0 Å². The van der Waals surface area contributed by atoms with E-state index in [0.29, 0.717) is 31.5 Å². The Balaban J connectivity index is 1.91. The van der Waals surface area contributed by atoms with Crippen molar-refractivity contribution in [3.05, 3.63) is 11.6 Å². The Morgan fingerprint density at radius 3 is 2.16 bits per heavy atom. The highest BCUT2D eigenvalue weighted by Gasteiger charge is 2.65. The highest BCUT2D eigenvalue weighted by Crippen LogP contribution is 2.57. The highest BCUT2D eigenvalue weighted by molar-refractivity contribution is 6.70. The van der Waals surface area contributed by atoms with Crippen LogP contribution >= 0.6 is 0 Å². The molecule has 0 saturated carbocycles. The van der Waals surface area contributed by atoms with Crippen LogP contribution < -0.4 is 11.1 Å². The quantitative estimate of drug-likeness (QED) is 0.102. The van der Waals surface area contributed by atoms with Crippen molar-refractivity contribution in [1.29, 1.82) is 0 Å². The topological polar surface area (TPSA) is 137 Å². The van der Waals surface area contributed by atoms with Crippen LogP contribution in [0.3, 0.4) is 0 Å². The second-order valence-electron chi connectivity index (χ2n) is 18.2. The molecule has 4 heterocycles. The van der Waals surface area contributed by atoms with E-state index < -0.39 is 64.1 Å². The summed E-state index contributed by atoms with van der Waals surface area (Å²) in [6.45, 7) is 27.5. The monoisotopic (exact) mass is 740 g/mol. The van der Waals surface area contributed by atoms with E-state index in [4.69, 9.17) is 43.7 Å². The van der Waals surface area contributed by atoms with Crippen molar-refractivity contribution < 1.29 is 42.7 Å². The number of hydrogen-bond donors (Lipinski definition) is 2. The molecule has 0 aromatic rings. The molecule has 13 atom stereocenters. The minimum Gasteiger partial charge on any atom is -0.459 e. The fourth-order valence-electron chi connectivity index (χ4n) is 8.84. The van der Waals surface area contributed by atoms with Gasteiger partial charge < -0.3 is 37.4 Å². The van der Waals surface area contributed by atoms with E-state index in [2.05, 4.69) is 92.0 Å². The smallest absolute Gasteiger partial charge is 0.311 e. The maximum atomic E-state index is 14.2. The maximum Gasteiger partial charge on any atom is 0.311 e. The van der Waals surface area contributed by atoms with Gasteiger partial charge in [-0.05, 0) is 118 Å². The van der Waals surface area contributed by atoms with Gasteiger partial charge in [0.2, 0.25) is 5.84 Å². The molecule has 4 rings (SSSR count). The summed E-state index contributed by atoms with van der Waals surface area (Å²) in [6.07, 6.45) is 2.47. The Hall–Kier alpha value is -1.17. The lowest BCUT2D eigenvalue weighted by molar-refractivity contribution is -0.326. The van der Waals surface area contributed by atoms with Crippen LogP contribution in [0.4, 0.5) is 0 Å². The summed E-state index contributed by atoms with van der Waals surface area (Å²) in [5.41, 5.74) is 5.17. The number of ether oxygens (including phenoxy) is 5. The van der Waals surface area contributed by atoms with Gasteiger partial charge >= 0.3 is 5.97 Å². The van der Waals surface area contributed by atoms with Crippen LogP contribution in [0, 0.1) is 17.8 Å². The normalized spacial score (nSPS) is 42.9. The fraction of sp³-hybridized carbons (Fsp3) is 0.892.